The van der Waals surface area contributed by atoms with E-state index in [1.54, 1.807) is 55.5 Å². The van der Waals surface area contributed by atoms with E-state index in [0.29, 0.717) is 11.3 Å². The Kier molecular flexibility index (Phi) is 6.41. The first-order valence-electron chi connectivity index (χ1n) is 9.47. The topological polar surface area (TPSA) is 100 Å². The van der Waals surface area contributed by atoms with Gasteiger partial charge in [-0.2, -0.15) is 9.97 Å². The van der Waals surface area contributed by atoms with Crippen LogP contribution in [0.2, 0.25) is 0 Å². The monoisotopic (exact) mass is 424 g/mol. The van der Waals surface area contributed by atoms with Crippen molar-refractivity contribution in [3.63, 3.8) is 0 Å². The molecule has 0 aliphatic heterocycles. The second-order valence-corrected chi connectivity index (χ2v) is 6.79. The Bertz CT molecular complexity index is 1010. The molecular formula is C23H24N2O6. The summed E-state index contributed by atoms with van der Waals surface area (Å²) in [5, 5.41) is 12.0. The fourth-order valence-corrected chi connectivity index (χ4v) is 3.24. The van der Waals surface area contributed by atoms with Gasteiger partial charge in [0.05, 0.1) is 27.4 Å². The molecule has 2 unspecified atom stereocenters. The Morgan fingerprint density at radius 2 is 1.39 bits per heavy atom. The molecule has 1 heterocycles. The first kappa shape index (κ1) is 22.0. The summed E-state index contributed by atoms with van der Waals surface area (Å²) in [7, 11) is 3.97. The van der Waals surface area contributed by atoms with Gasteiger partial charge in [-0.3, -0.25) is 0 Å². The van der Waals surface area contributed by atoms with Gasteiger partial charge in [0.1, 0.15) is 5.75 Å². The van der Waals surface area contributed by atoms with Crippen molar-refractivity contribution in [2.75, 3.05) is 21.3 Å². The van der Waals surface area contributed by atoms with Crippen LogP contribution in [0.3, 0.4) is 0 Å². The van der Waals surface area contributed by atoms with Crippen LogP contribution in [0.4, 0.5) is 0 Å². The highest BCUT2D eigenvalue weighted by molar-refractivity contribution is 5.82. The summed E-state index contributed by atoms with van der Waals surface area (Å²) < 4.78 is 21.7. The smallest absolute Gasteiger partial charge is 0.350 e. The Hall–Kier alpha value is -3.65. The lowest BCUT2D eigenvalue weighted by atomic mass is 9.77. The normalized spacial score (nSPS) is 14.6. The van der Waals surface area contributed by atoms with Crippen LogP contribution in [0.5, 0.6) is 17.5 Å². The molecule has 2 aromatic carbocycles. The Labute approximate surface area is 180 Å². The van der Waals surface area contributed by atoms with Gasteiger partial charge in [0.2, 0.25) is 11.8 Å². The second-order valence-electron chi connectivity index (χ2n) is 6.79. The van der Waals surface area contributed by atoms with Crippen LogP contribution in [0.25, 0.3) is 0 Å². The first-order valence-corrected chi connectivity index (χ1v) is 9.47. The van der Waals surface area contributed by atoms with Crippen LogP contribution in [0, 0.1) is 0 Å². The lowest BCUT2D eigenvalue weighted by Crippen LogP contribution is -2.57. The standard InChI is InChI=1S/C23H24N2O6/c1-22(16-11-7-5-8-12-16,31-17-13-9-6-10-14-17)23(27,21(26)30-4)20-24-18(28-2)15-19(25-20)29-3/h5-15,27H,1-4H3. The SMILES string of the molecule is COC(=O)C(O)(c1nc(OC)cc(OC)n1)C(C)(Oc1ccccc1)c1ccccc1. The van der Waals surface area contributed by atoms with Gasteiger partial charge in [-0.1, -0.05) is 48.5 Å². The fourth-order valence-electron chi connectivity index (χ4n) is 3.24. The Morgan fingerprint density at radius 1 is 0.871 bits per heavy atom. The molecule has 8 heteroatoms. The number of carbonyl (C=O) groups excluding carboxylic acids is 1. The summed E-state index contributed by atoms with van der Waals surface area (Å²) in [4.78, 5) is 21.6. The van der Waals surface area contributed by atoms with Crippen molar-refractivity contribution in [1.82, 2.24) is 9.97 Å². The average molecular weight is 424 g/mol. The van der Waals surface area contributed by atoms with E-state index >= 15 is 0 Å². The van der Waals surface area contributed by atoms with Crippen LogP contribution in [-0.2, 0) is 20.7 Å². The number of methoxy groups -OCH3 is 3. The second kappa shape index (κ2) is 9.01. The van der Waals surface area contributed by atoms with Gasteiger partial charge >= 0.3 is 5.97 Å². The fraction of sp³-hybridized carbons (Fsp3) is 0.261. The Balaban J connectivity index is 2.31. The highest BCUT2D eigenvalue weighted by Gasteiger charge is 2.61. The molecule has 2 atom stereocenters. The molecule has 3 aromatic rings. The van der Waals surface area contributed by atoms with Crippen molar-refractivity contribution in [3.05, 3.63) is 78.1 Å². The van der Waals surface area contributed by atoms with Crippen molar-refractivity contribution in [1.29, 1.82) is 0 Å². The van der Waals surface area contributed by atoms with Crippen molar-refractivity contribution < 1.29 is 28.8 Å². The van der Waals surface area contributed by atoms with Gasteiger partial charge in [-0.25, -0.2) is 4.79 Å². The summed E-state index contributed by atoms with van der Waals surface area (Å²) >= 11 is 0. The van der Waals surface area contributed by atoms with Gasteiger partial charge in [0.15, 0.2) is 11.4 Å². The number of para-hydroxylation sites is 1. The van der Waals surface area contributed by atoms with E-state index in [0.717, 1.165) is 0 Å². The van der Waals surface area contributed by atoms with E-state index in [-0.39, 0.29) is 17.6 Å². The molecule has 0 aliphatic rings. The first-order chi connectivity index (χ1) is 14.9. The molecule has 0 amide bonds. The van der Waals surface area contributed by atoms with Crippen molar-refractivity contribution in [2.24, 2.45) is 0 Å². The molecule has 1 aromatic heterocycles. The summed E-state index contributed by atoms with van der Waals surface area (Å²) in [6, 6.07) is 19.1. The number of rotatable bonds is 8. The lowest BCUT2D eigenvalue weighted by molar-refractivity contribution is -0.195. The van der Waals surface area contributed by atoms with Gasteiger partial charge in [-0.15, -0.1) is 0 Å². The van der Waals surface area contributed by atoms with E-state index in [4.69, 9.17) is 18.9 Å². The van der Waals surface area contributed by atoms with Crippen LogP contribution in [0.1, 0.15) is 18.3 Å². The number of ether oxygens (including phenoxy) is 4. The predicted molar refractivity (Wildman–Crippen MR) is 112 cm³/mol. The lowest BCUT2D eigenvalue weighted by Gasteiger charge is -2.41. The molecule has 0 fully saturated rings. The number of hydrogen-bond donors (Lipinski definition) is 1. The number of aromatic nitrogens is 2. The zero-order valence-electron chi connectivity index (χ0n) is 17.7. The summed E-state index contributed by atoms with van der Waals surface area (Å²) in [5.41, 5.74) is -3.67. The minimum Gasteiger partial charge on any atom is -0.481 e. The van der Waals surface area contributed by atoms with Crippen molar-refractivity contribution in [2.45, 2.75) is 18.1 Å². The number of nitrogens with zero attached hydrogens (tertiary/aromatic N) is 2. The molecule has 0 saturated carbocycles. The summed E-state index contributed by atoms with van der Waals surface area (Å²) in [6.07, 6.45) is 0. The highest BCUT2D eigenvalue weighted by atomic mass is 16.6. The number of carbonyl (C=O) groups is 1. The third-order valence-corrected chi connectivity index (χ3v) is 4.98. The van der Waals surface area contributed by atoms with Crippen LogP contribution in [0.15, 0.2) is 66.7 Å². The molecule has 0 spiro atoms. The quantitative estimate of drug-likeness (QED) is 0.551. The predicted octanol–water partition coefficient (Wildman–Crippen LogP) is 2.85. The maximum Gasteiger partial charge on any atom is 0.350 e. The zero-order chi connectivity index (χ0) is 22.5. The number of benzene rings is 2. The van der Waals surface area contributed by atoms with Gasteiger partial charge in [0.25, 0.3) is 5.60 Å². The van der Waals surface area contributed by atoms with E-state index in [9.17, 15) is 9.90 Å². The number of hydrogen-bond acceptors (Lipinski definition) is 8. The van der Waals surface area contributed by atoms with Crippen LogP contribution in [-0.4, -0.2) is 42.4 Å². The molecule has 0 aliphatic carbocycles. The minimum absolute atomic E-state index is 0.0966. The summed E-state index contributed by atoms with van der Waals surface area (Å²) in [6.45, 7) is 1.57. The highest BCUT2D eigenvalue weighted by Crippen LogP contribution is 2.44. The van der Waals surface area contributed by atoms with Crippen LogP contribution < -0.4 is 14.2 Å². The molecule has 0 bridgehead atoms. The van der Waals surface area contributed by atoms with E-state index in [1.165, 1.54) is 27.4 Å². The molecule has 3 rings (SSSR count). The number of aliphatic hydroxyl groups is 1. The van der Waals surface area contributed by atoms with E-state index < -0.39 is 17.2 Å². The summed E-state index contributed by atoms with van der Waals surface area (Å²) in [5.74, 6) is -0.687. The van der Waals surface area contributed by atoms with Crippen LogP contribution >= 0.6 is 0 Å². The van der Waals surface area contributed by atoms with Gasteiger partial charge < -0.3 is 24.1 Å². The zero-order valence-corrected chi connectivity index (χ0v) is 17.7. The third kappa shape index (κ3) is 4.02. The number of esters is 1. The molecule has 0 radical (unpaired) electrons. The molecule has 1 N–H and O–H groups in total. The van der Waals surface area contributed by atoms with Crippen molar-refractivity contribution >= 4 is 5.97 Å². The van der Waals surface area contributed by atoms with Gasteiger partial charge in [0, 0.05) is 0 Å². The molecule has 0 saturated heterocycles. The maximum atomic E-state index is 13.1. The third-order valence-electron chi connectivity index (χ3n) is 4.98. The molecule has 162 valence electrons. The van der Waals surface area contributed by atoms with E-state index in [2.05, 4.69) is 9.97 Å². The minimum atomic E-state index is -2.47. The molecular weight excluding hydrogens is 400 g/mol. The maximum absolute atomic E-state index is 13.1. The molecule has 8 nitrogen and oxygen atoms in total. The van der Waals surface area contributed by atoms with E-state index in [1.807, 2.05) is 12.1 Å². The average Bonchev–Trinajstić information content (AvgIpc) is 2.83. The van der Waals surface area contributed by atoms with Crippen molar-refractivity contribution in [3.8, 4) is 17.5 Å². The largest absolute Gasteiger partial charge is 0.481 e. The van der Waals surface area contributed by atoms with Gasteiger partial charge in [-0.05, 0) is 24.6 Å². The molecule has 31 heavy (non-hydrogen) atoms. The Morgan fingerprint density at radius 3 is 1.87 bits per heavy atom.